The van der Waals surface area contributed by atoms with E-state index in [1.165, 1.54) is 12.8 Å². The van der Waals surface area contributed by atoms with E-state index in [4.69, 9.17) is 9.47 Å². The van der Waals surface area contributed by atoms with Crippen LogP contribution in [0, 0.1) is 5.41 Å². The molecule has 1 saturated carbocycles. The van der Waals surface area contributed by atoms with Crippen molar-refractivity contribution in [2.75, 3.05) is 45.9 Å². The van der Waals surface area contributed by atoms with Gasteiger partial charge in [-0.1, -0.05) is 0 Å². The standard InChI is InChI=1S/C22H35N3O4/c1-2-28-20(27)24-12-7-21(16-24)14-18(15-21)23-10-4-17(5-11-23)25-9-3-6-22(25)8-13-29-19(22)26/h17-18H,2-16H2,1H3. The Morgan fingerprint density at radius 1 is 1.10 bits per heavy atom. The Morgan fingerprint density at radius 2 is 1.90 bits per heavy atom. The lowest BCUT2D eigenvalue weighted by Crippen LogP contribution is -2.58. The average Bonchev–Trinajstić information content (AvgIpc) is 3.41. The number of likely N-dealkylation sites (tertiary alicyclic amines) is 3. The van der Waals surface area contributed by atoms with Crippen LogP contribution < -0.4 is 0 Å². The SMILES string of the molecule is CCOC(=O)N1CCC2(CC(N3CCC(N4CCCC45CCOC5=O)CC3)C2)C1. The van der Waals surface area contributed by atoms with Crippen LogP contribution in [0.4, 0.5) is 4.79 Å². The summed E-state index contributed by atoms with van der Waals surface area (Å²) in [7, 11) is 0. The van der Waals surface area contributed by atoms with Gasteiger partial charge in [-0.3, -0.25) is 9.69 Å². The zero-order chi connectivity index (χ0) is 20.1. The van der Waals surface area contributed by atoms with Crippen LogP contribution in [0.5, 0.6) is 0 Å². The summed E-state index contributed by atoms with van der Waals surface area (Å²) in [6.45, 7) is 7.96. The van der Waals surface area contributed by atoms with E-state index in [1.54, 1.807) is 0 Å². The van der Waals surface area contributed by atoms with Crippen LogP contribution in [0.25, 0.3) is 0 Å². The highest BCUT2D eigenvalue weighted by Gasteiger charge is 2.55. The van der Waals surface area contributed by atoms with Gasteiger partial charge in [0.25, 0.3) is 0 Å². The van der Waals surface area contributed by atoms with Crippen molar-refractivity contribution in [1.29, 1.82) is 0 Å². The number of hydrogen-bond acceptors (Lipinski definition) is 6. The third-order valence-electron chi connectivity index (χ3n) is 8.43. The van der Waals surface area contributed by atoms with Gasteiger partial charge in [0, 0.05) is 31.6 Å². The fraction of sp³-hybridized carbons (Fsp3) is 0.909. The van der Waals surface area contributed by atoms with Crippen LogP contribution >= 0.6 is 0 Å². The minimum Gasteiger partial charge on any atom is -0.464 e. The monoisotopic (exact) mass is 405 g/mol. The lowest BCUT2D eigenvalue weighted by atomic mass is 9.64. The Labute approximate surface area is 173 Å². The van der Waals surface area contributed by atoms with Crippen LogP contribution in [0.2, 0.25) is 0 Å². The van der Waals surface area contributed by atoms with E-state index in [0.717, 1.165) is 71.2 Å². The first-order chi connectivity index (χ1) is 14.1. The van der Waals surface area contributed by atoms with E-state index in [1.807, 2.05) is 11.8 Å². The van der Waals surface area contributed by atoms with Gasteiger partial charge in [0.2, 0.25) is 0 Å². The number of piperidine rings is 1. The number of nitrogens with zero attached hydrogens (tertiary/aromatic N) is 3. The smallest absolute Gasteiger partial charge is 0.409 e. The molecule has 0 aromatic rings. The average molecular weight is 406 g/mol. The Kier molecular flexibility index (Phi) is 5.01. The molecule has 0 radical (unpaired) electrons. The van der Waals surface area contributed by atoms with E-state index >= 15 is 0 Å². The lowest BCUT2D eigenvalue weighted by Gasteiger charge is -2.52. The number of cyclic esters (lactones) is 1. The molecule has 1 atom stereocenters. The quantitative estimate of drug-likeness (QED) is 0.671. The third kappa shape index (κ3) is 3.25. The predicted molar refractivity (Wildman–Crippen MR) is 108 cm³/mol. The van der Waals surface area contributed by atoms with Crippen molar-refractivity contribution in [1.82, 2.24) is 14.7 Å². The summed E-state index contributed by atoms with van der Waals surface area (Å²) in [5, 5.41) is 0. The number of rotatable bonds is 3. The molecule has 5 fully saturated rings. The van der Waals surface area contributed by atoms with Crippen molar-refractivity contribution >= 4 is 12.1 Å². The van der Waals surface area contributed by atoms with Crippen LogP contribution in [0.15, 0.2) is 0 Å². The zero-order valence-corrected chi connectivity index (χ0v) is 17.7. The molecule has 2 spiro atoms. The molecule has 0 aromatic carbocycles. The van der Waals surface area contributed by atoms with E-state index < -0.39 is 0 Å². The Morgan fingerprint density at radius 3 is 2.59 bits per heavy atom. The molecule has 5 rings (SSSR count). The molecular formula is C22H35N3O4. The molecular weight excluding hydrogens is 370 g/mol. The normalized spacial score (nSPS) is 38.7. The first kappa shape index (κ1) is 19.6. The molecule has 5 aliphatic rings. The molecule has 7 nitrogen and oxygen atoms in total. The topological polar surface area (TPSA) is 62.3 Å². The molecule has 0 bridgehead atoms. The van der Waals surface area contributed by atoms with Crippen LogP contribution in [0.1, 0.15) is 58.3 Å². The summed E-state index contributed by atoms with van der Waals surface area (Å²) >= 11 is 0. The summed E-state index contributed by atoms with van der Waals surface area (Å²) < 4.78 is 10.5. The molecule has 1 amide bonds. The van der Waals surface area contributed by atoms with Gasteiger partial charge in [-0.2, -0.15) is 0 Å². The van der Waals surface area contributed by atoms with Gasteiger partial charge in [-0.05, 0) is 76.9 Å². The zero-order valence-electron chi connectivity index (χ0n) is 17.7. The minimum absolute atomic E-state index is 0.0331. The highest BCUT2D eigenvalue weighted by Crippen LogP contribution is 2.51. The number of esters is 1. The second-order valence-electron chi connectivity index (χ2n) is 9.91. The van der Waals surface area contributed by atoms with Crippen molar-refractivity contribution in [3.63, 3.8) is 0 Å². The largest absolute Gasteiger partial charge is 0.464 e. The molecule has 29 heavy (non-hydrogen) atoms. The number of carbonyl (C=O) groups excluding carboxylic acids is 2. The minimum atomic E-state index is -0.298. The second-order valence-corrected chi connectivity index (χ2v) is 9.91. The molecule has 0 aromatic heterocycles. The van der Waals surface area contributed by atoms with Gasteiger partial charge in [-0.15, -0.1) is 0 Å². The van der Waals surface area contributed by atoms with Crippen LogP contribution in [0.3, 0.4) is 0 Å². The van der Waals surface area contributed by atoms with Crippen LogP contribution in [-0.2, 0) is 14.3 Å². The van der Waals surface area contributed by atoms with Gasteiger partial charge in [0.15, 0.2) is 0 Å². The maximum Gasteiger partial charge on any atom is 0.409 e. The highest BCUT2D eigenvalue weighted by molar-refractivity contribution is 5.83. The highest BCUT2D eigenvalue weighted by atomic mass is 16.6. The van der Waals surface area contributed by atoms with E-state index in [2.05, 4.69) is 9.80 Å². The lowest BCUT2D eigenvalue weighted by molar-refractivity contribution is -0.148. The molecule has 162 valence electrons. The van der Waals surface area contributed by atoms with Gasteiger partial charge >= 0.3 is 12.1 Å². The summed E-state index contributed by atoms with van der Waals surface area (Å²) in [5.74, 6) is 0.0331. The number of amides is 1. The summed E-state index contributed by atoms with van der Waals surface area (Å²) in [6, 6.07) is 1.20. The van der Waals surface area contributed by atoms with E-state index in [-0.39, 0.29) is 17.6 Å². The van der Waals surface area contributed by atoms with Gasteiger partial charge < -0.3 is 19.3 Å². The van der Waals surface area contributed by atoms with Gasteiger partial charge in [-0.25, -0.2) is 4.79 Å². The molecule has 4 saturated heterocycles. The maximum atomic E-state index is 12.4. The van der Waals surface area contributed by atoms with Crippen molar-refractivity contribution in [3.05, 3.63) is 0 Å². The van der Waals surface area contributed by atoms with Gasteiger partial charge in [0.05, 0.1) is 13.2 Å². The van der Waals surface area contributed by atoms with Gasteiger partial charge in [0.1, 0.15) is 5.54 Å². The maximum absolute atomic E-state index is 12.4. The number of hydrogen-bond donors (Lipinski definition) is 0. The summed E-state index contributed by atoms with van der Waals surface area (Å²) in [5.41, 5.74) is 0.0364. The first-order valence-electron chi connectivity index (χ1n) is 11.7. The van der Waals surface area contributed by atoms with Crippen LogP contribution in [-0.4, -0.2) is 90.3 Å². The molecule has 1 unspecified atom stereocenters. The van der Waals surface area contributed by atoms with Crippen molar-refractivity contribution < 1.29 is 19.1 Å². The Bertz CT molecular complexity index is 652. The van der Waals surface area contributed by atoms with E-state index in [0.29, 0.717) is 30.7 Å². The summed E-state index contributed by atoms with van der Waals surface area (Å²) in [6.07, 6.45) is 8.72. The second kappa shape index (κ2) is 7.41. The molecule has 0 N–H and O–H groups in total. The molecule has 4 heterocycles. The fourth-order valence-electron chi connectivity index (χ4n) is 6.87. The molecule has 4 aliphatic heterocycles. The Balaban J connectivity index is 1.12. The third-order valence-corrected chi connectivity index (χ3v) is 8.43. The predicted octanol–water partition coefficient (Wildman–Crippen LogP) is 2.24. The first-order valence-corrected chi connectivity index (χ1v) is 11.7. The van der Waals surface area contributed by atoms with Crippen molar-refractivity contribution in [2.24, 2.45) is 5.41 Å². The molecule has 7 heteroatoms. The fourth-order valence-corrected chi connectivity index (χ4v) is 6.87. The van der Waals surface area contributed by atoms with Crippen molar-refractivity contribution in [3.8, 4) is 0 Å². The van der Waals surface area contributed by atoms with Crippen molar-refractivity contribution in [2.45, 2.75) is 75.9 Å². The number of carbonyl (C=O) groups is 2. The number of ether oxygens (including phenoxy) is 2. The van der Waals surface area contributed by atoms with E-state index in [9.17, 15) is 9.59 Å². The molecule has 1 aliphatic carbocycles. The summed E-state index contributed by atoms with van der Waals surface area (Å²) in [4.78, 5) is 31.5. The Hall–Kier alpha value is -1.34.